The summed E-state index contributed by atoms with van der Waals surface area (Å²) in [5.74, 6) is 0.836. The zero-order valence-electron chi connectivity index (χ0n) is 15.2. The van der Waals surface area contributed by atoms with Crippen molar-refractivity contribution in [3.63, 3.8) is 0 Å². The van der Waals surface area contributed by atoms with Crippen molar-refractivity contribution in [2.75, 3.05) is 27.9 Å². The van der Waals surface area contributed by atoms with Crippen molar-refractivity contribution < 1.29 is 28.8 Å². The maximum Gasteiger partial charge on any atom is 0.342 e. The Morgan fingerprint density at radius 3 is 2.23 bits per heavy atom. The van der Waals surface area contributed by atoms with Gasteiger partial charge in [-0.2, -0.15) is 0 Å². The van der Waals surface area contributed by atoms with E-state index < -0.39 is 5.97 Å². The van der Waals surface area contributed by atoms with E-state index in [1.165, 1.54) is 13.2 Å². The monoisotopic (exact) mass is 358 g/mol. The van der Waals surface area contributed by atoms with E-state index in [9.17, 15) is 9.90 Å². The summed E-state index contributed by atoms with van der Waals surface area (Å²) in [5.41, 5.74) is 1.44. The molecular formula is C20H22O6. The molecule has 0 aromatic heterocycles. The highest BCUT2D eigenvalue weighted by Gasteiger charge is 2.16. The molecule has 0 heterocycles. The molecule has 2 aromatic rings. The first-order valence-electron chi connectivity index (χ1n) is 8.02. The second-order valence-corrected chi connectivity index (χ2v) is 5.25. The van der Waals surface area contributed by atoms with Crippen LogP contribution in [0.3, 0.4) is 0 Å². The Morgan fingerprint density at radius 1 is 1.04 bits per heavy atom. The standard InChI is InChI=1S/C20H22O6/c1-5-26-20(22)18-14(7-6-8-15(18)21)10-9-13-11-16(23-2)19(25-4)17(12-13)24-3/h6-12,21H,5H2,1-4H3/b10-9+. The Hall–Kier alpha value is -3.15. The molecule has 0 aliphatic heterocycles. The molecule has 138 valence electrons. The van der Waals surface area contributed by atoms with Gasteiger partial charge in [0, 0.05) is 0 Å². The predicted molar refractivity (Wildman–Crippen MR) is 99.1 cm³/mol. The second kappa shape index (κ2) is 8.80. The van der Waals surface area contributed by atoms with Gasteiger partial charge in [0.25, 0.3) is 0 Å². The molecule has 0 unspecified atom stereocenters. The van der Waals surface area contributed by atoms with Gasteiger partial charge < -0.3 is 24.1 Å². The maximum absolute atomic E-state index is 12.1. The zero-order chi connectivity index (χ0) is 19.1. The molecule has 0 saturated heterocycles. The van der Waals surface area contributed by atoms with E-state index in [4.69, 9.17) is 18.9 Å². The Kier molecular flexibility index (Phi) is 6.49. The van der Waals surface area contributed by atoms with Crippen molar-refractivity contribution in [3.05, 3.63) is 47.0 Å². The largest absolute Gasteiger partial charge is 0.507 e. The number of ether oxygens (including phenoxy) is 4. The van der Waals surface area contributed by atoms with Crippen molar-refractivity contribution in [3.8, 4) is 23.0 Å². The van der Waals surface area contributed by atoms with Gasteiger partial charge in [0.15, 0.2) is 11.5 Å². The van der Waals surface area contributed by atoms with Gasteiger partial charge in [-0.25, -0.2) is 4.79 Å². The van der Waals surface area contributed by atoms with E-state index in [-0.39, 0.29) is 17.9 Å². The molecule has 2 aromatic carbocycles. The predicted octanol–water partition coefficient (Wildman–Crippen LogP) is 3.77. The quantitative estimate of drug-likeness (QED) is 0.600. The molecule has 0 aliphatic rings. The molecular weight excluding hydrogens is 336 g/mol. The van der Waals surface area contributed by atoms with Gasteiger partial charge in [-0.3, -0.25) is 0 Å². The summed E-state index contributed by atoms with van der Waals surface area (Å²) in [7, 11) is 4.62. The fraction of sp³-hybridized carbons (Fsp3) is 0.250. The molecule has 0 amide bonds. The van der Waals surface area contributed by atoms with Crippen molar-refractivity contribution in [2.24, 2.45) is 0 Å². The first-order chi connectivity index (χ1) is 12.5. The van der Waals surface area contributed by atoms with E-state index in [0.717, 1.165) is 5.56 Å². The van der Waals surface area contributed by atoms with E-state index in [1.807, 2.05) is 0 Å². The minimum Gasteiger partial charge on any atom is -0.507 e. The van der Waals surface area contributed by atoms with E-state index >= 15 is 0 Å². The second-order valence-electron chi connectivity index (χ2n) is 5.25. The Morgan fingerprint density at radius 2 is 1.69 bits per heavy atom. The van der Waals surface area contributed by atoms with Gasteiger partial charge in [0.1, 0.15) is 11.3 Å². The number of aromatic hydroxyl groups is 1. The minimum atomic E-state index is -0.574. The van der Waals surface area contributed by atoms with Gasteiger partial charge in [-0.05, 0) is 36.2 Å². The van der Waals surface area contributed by atoms with Gasteiger partial charge in [-0.1, -0.05) is 24.3 Å². The molecule has 6 nitrogen and oxygen atoms in total. The van der Waals surface area contributed by atoms with Crippen LogP contribution < -0.4 is 14.2 Å². The molecule has 0 radical (unpaired) electrons. The fourth-order valence-corrected chi connectivity index (χ4v) is 2.51. The van der Waals surface area contributed by atoms with Crippen molar-refractivity contribution >= 4 is 18.1 Å². The van der Waals surface area contributed by atoms with Crippen LogP contribution in [0.4, 0.5) is 0 Å². The fourth-order valence-electron chi connectivity index (χ4n) is 2.51. The Balaban J connectivity index is 2.45. The van der Waals surface area contributed by atoms with Crippen LogP contribution in [0.2, 0.25) is 0 Å². The third kappa shape index (κ3) is 4.08. The molecule has 0 saturated carbocycles. The summed E-state index contributed by atoms with van der Waals surface area (Å²) >= 11 is 0. The summed E-state index contributed by atoms with van der Waals surface area (Å²) < 4.78 is 21.0. The number of methoxy groups -OCH3 is 3. The lowest BCUT2D eigenvalue weighted by Crippen LogP contribution is -2.06. The maximum atomic E-state index is 12.1. The summed E-state index contributed by atoms with van der Waals surface area (Å²) in [6.45, 7) is 1.94. The van der Waals surface area contributed by atoms with Crippen molar-refractivity contribution in [2.45, 2.75) is 6.92 Å². The number of esters is 1. The number of benzene rings is 2. The molecule has 1 N–H and O–H groups in total. The van der Waals surface area contributed by atoms with Gasteiger partial charge in [0.2, 0.25) is 5.75 Å². The summed E-state index contributed by atoms with van der Waals surface area (Å²) in [6.07, 6.45) is 3.49. The van der Waals surface area contributed by atoms with Gasteiger partial charge in [0.05, 0.1) is 27.9 Å². The summed E-state index contributed by atoms with van der Waals surface area (Å²) in [6, 6.07) is 8.39. The number of phenolic OH excluding ortho intramolecular Hbond substituents is 1. The van der Waals surface area contributed by atoms with Crippen LogP contribution in [-0.4, -0.2) is 39.0 Å². The van der Waals surface area contributed by atoms with Crippen LogP contribution in [0.15, 0.2) is 30.3 Å². The van der Waals surface area contributed by atoms with Crippen LogP contribution in [0.5, 0.6) is 23.0 Å². The Bertz CT molecular complexity index is 785. The molecule has 0 fully saturated rings. The zero-order valence-corrected chi connectivity index (χ0v) is 15.2. The van der Waals surface area contributed by atoms with Gasteiger partial charge >= 0.3 is 5.97 Å². The van der Waals surface area contributed by atoms with E-state index in [0.29, 0.717) is 22.8 Å². The minimum absolute atomic E-state index is 0.123. The van der Waals surface area contributed by atoms with Crippen molar-refractivity contribution in [1.29, 1.82) is 0 Å². The smallest absolute Gasteiger partial charge is 0.342 e. The number of rotatable bonds is 7. The molecule has 0 spiro atoms. The number of carbonyl (C=O) groups excluding carboxylic acids is 1. The molecule has 6 heteroatoms. The molecule has 0 aliphatic carbocycles. The lowest BCUT2D eigenvalue weighted by molar-refractivity contribution is 0.0523. The highest BCUT2D eigenvalue weighted by atomic mass is 16.5. The first kappa shape index (κ1) is 19.2. The lowest BCUT2D eigenvalue weighted by atomic mass is 10.0. The summed E-state index contributed by atoms with van der Waals surface area (Å²) in [5, 5.41) is 10.0. The SMILES string of the molecule is CCOC(=O)c1c(O)cccc1/C=C/c1cc(OC)c(OC)c(OC)c1. The van der Waals surface area contributed by atoms with E-state index in [2.05, 4.69) is 0 Å². The molecule has 0 bridgehead atoms. The van der Waals surface area contributed by atoms with Crippen LogP contribution in [0.25, 0.3) is 12.2 Å². The molecule has 26 heavy (non-hydrogen) atoms. The average molecular weight is 358 g/mol. The third-order valence-electron chi connectivity index (χ3n) is 3.70. The molecule has 0 atom stereocenters. The van der Waals surface area contributed by atoms with Gasteiger partial charge in [-0.15, -0.1) is 0 Å². The number of phenols is 1. The average Bonchev–Trinajstić information content (AvgIpc) is 2.65. The number of hydrogen-bond donors (Lipinski definition) is 1. The van der Waals surface area contributed by atoms with Crippen LogP contribution in [0.1, 0.15) is 28.4 Å². The highest BCUT2D eigenvalue weighted by Crippen LogP contribution is 2.38. The Labute approximate surface area is 152 Å². The van der Waals surface area contributed by atoms with Crippen LogP contribution >= 0.6 is 0 Å². The highest BCUT2D eigenvalue weighted by molar-refractivity contribution is 5.97. The van der Waals surface area contributed by atoms with Crippen LogP contribution in [-0.2, 0) is 4.74 Å². The number of hydrogen-bond acceptors (Lipinski definition) is 6. The van der Waals surface area contributed by atoms with Crippen molar-refractivity contribution in [1.82, 2.24) is 0 Å². The number of carbonyl (C=O) groups is 1. The van der Waals surface area contributed by atoms with Crippen LogP contribution in [0, 0.1) is 0 Å². The van der Waals surface area contributed by atoms with E-state index in [1.54, 1.807) is 57.6 Å². The lowest BCUT2D eigenvalue weighted by Gasteiger charge is -2.13. The molecule has 2 rings (SSSR count). The summed E-state index contributed by atoms with van der Waals surface area (Å²) in [4.78, 5) is 12.1. The third-order valence-corrected chi connectivity index (χ3v) is 3.70. The normalized spacial score (nSPS) is 10.6. The topological polar surface area (TPSA) is 74.2 Å². The first-order valence-corrected chi connectivity index (χ1v) is 8.02.